The average molecular weight is 250 g/mol. The van der Waals surface area contributed by atoms with Crippen LogP contribution >= 0.6 is 0 Å². The van der Waals surface area contributed by atoms with Crippen molar-refractivity contribution in [2.24, 2.45) is 5.73 Å². The number of nitrogens with two attached hydrogens (primary N) is 1. The van der Waals surface area contributed by atoms with Crippen molar-refractivity contribution in [3.05, 3.63) is 18.2 Å². The lowest BCUT2D eigenvalue weighted by atomic mass is 10.2. The Morgan fingerprint density at radius 2 is 1.89 bits per heavy atom. The van der Waals surface area contributed by atoms with Crippen LogP contribution in [-0.4, -0.2) is 32.7 Å². The highest BCUT2D eigenvalue weighted by Gasteiger charge is 2.47. The van der Waals surface area contributed by atoms with E-state index >= 15 is 0 Å². The highest BCUT2D eigenvalue weighted by Crippen LogP contribution is 2.37. The molecule has 0 spiro atoms. The minimum Gasteiger partial charge on any atom is -0.493 e. The number of nitrogens with zero attached hydrogens (tertiary/aromatic N) is 1. The largest absolute Gasteiger partial charge is 0.493 e. The molecule has 1 aliphatic carbocycles. The molecule has 0 bridgehead atoms. The van der Waals surface area contributed by atoms with Gasteiger partial charge in [0, 0.05) is 18.8 Å². The van der Waals surface area contributed by atoms with Gasteiger partial charge in [0.2, 0.25) is 5.91 Å². The fraction of sp³-hybridized carbons (Fsp3) is 0.462. The average Bonchev–Trinajstić information content (AvgIpc) is 3.15. The maximum Gasteiger partial charge on any atom is 0.246 e. The van der Waals surface area contributed by atoms with E-state index in [2.05, 4.69) is 0 Å². The zero-order chi connectivity index (χ0) is 13.3. The van der Waals surface area contributed by atoms with Gasteiger partial charge in [-0.15, -0.1) is 0 Å². The molecule has 0 radical (unpaired) electrons. The van der Waals surface area contributed by atoms with E-state index in [4.69, 9.17) is 15.2 Å². The third kappa shape index (κ3) is 2.13. The van der Waals surface area contributed by atoms with Crippen LogP contribution in [0.1, 0.15) is 12.8 Å². The molecule has 1 aliphatic rings. The Morgan fingerprint density at radius 3 is 2.39 bits per heavy atom. The van der Waals surface area contributed by atoms with Gasteiger partial charge in [0.1, 0.15) is 0 Å². The first-order valence-electron chi connectivity index (χ1n) is 5.81. The molecule has 1 aromatic carbocycles. The molecular weight excluding hydrogens is 232 g/mol. The summed E-state index contributed by atoms with van der Waals surface area (Å²) in [5, 5.41) is 0. The number of rotatable bonds is 4. The molecule has 2 rings (SSSR count). The second-order valence-electron chi connectivity index (χ2n) is 4.56. The normalized spacial score (nSPS) is 16.0. The quantitative estimate of drug-likeness (QED) is 0.870. The highest BCUT2D eigenvalue weighted by atomic mass is 16.5. The number of carbonyl (C=O) groups excluding carboxylic acids is 1. The molecule has 0 aromatic heterocycles. The van der Waals surface area contributed by atoms with Gasteiger partial charge in [-0.25, -0.2) is 0 Å². The summed E-state index contributed by atoms with van der Waals surface area (Å²) >= 11 is 0. The van der Waals surface area contributed by atoms with Crippen LogP contribution < -0.4 is 20.1 Å². The fourth-order valence-corrected chi connectivity index (χ4v) is 1.83. The Kier molecular flexibility index (Phi) is 3.17. The van der Waals surface area contributed by atoms with E-state index in [1.54, 1.807) is 38.3 Å². The van der Waals surface area contributed by atoms with Crippen LogP contribution in [-0.2, 0) is 4.79 Å². The van der Waals surface area contributed by atoms with Gasteiger partial charge in [0.15, 0.2) is 11.5 Å². The number of ether oxygens (including phenoxy) is 2. The topological polar surface area (TPSA) is 64.8 Å². The van der Waals surface area contributed by atoms with E-state index in [-0.39, 0.29) is 5.91 Å². The van der Waals surface area contributed by atoms with E-state index in [1.807, 2.05) is 6.07 Å². The van der Waals surface area contributed by atoms with E-state index in [9.17, 15) is 4.79 Å². The van der Waals surface area contributed by atoms with Crippen molar-refractivity contribution in [1.82, 2.24) is 0 Å². The van der Waals surface area contributed by atoms with Crippen LogP contribution in [0.15, 0.2) is 18.2 Å². The Hall–Kier alpha value is -1.75. The van der Waals surface area contributed by atoms with E-state index in [0.717, 1.165) is 18.5 Å². The Morgan fingerprint density at radius 1 is 1.28 bits per heavy atom. The van der Waals surface area contributed by atoms with Gasteiger partial charge < -0.3 is 20.1 Å². The number of likely N-dealkylation sites (N-methyl/N-ethyl adjacent to an activating group) is 1. The van der Waals surface area contributed by atoms with Crippen molar-refractivity contribution >= 4 is 11.6 Å². The summed E-state index contributed by atoms with van der Waals surface area (Å²) in [4.78, 5) is 13.7. The molecule has 1 fully saturated rings. The molecule has 0 aliphatic heterocycles. The molecule has 0 unspecified atom stereocenters. The number of hydrogen-bond acceptors (Lipinski definition) is 4. The fourth-order valence-electron chi connectivity index (χ4n) is 1.83. The van der Waals surface area contributed by atoms with Crippen molar-refractivity contribution < 1.29 is 14.3 Å². The summed E-state index contributed by atoms with van der Waals surface area (Å²) in [6.45, 7) is 0. The first kappa shape index (κ1) is 12.7. The number of anilines is 1. The van der Waals surface area contributed by atoms with Crippen molar-refractivity contribution in [2.75, 3.05) is 26.2 Å². The number of methoxy groups -OCH3 is 2. The third-order valence-corrected chi connectivity index (χ3v) is 3.27. The van der Waals surface area contributed by atoms with Gasteiger partial charge in [-0.1, -0.05) is 0 Å². The summed E-state index contributed by atoms with van der Waals surface area (Å²) in [5.74, 6) is 1.17. The molecule has 98 valence electrons. The number of amides is 1. The summed E-state index contributed by atoms with van der Waals surface area (Å²) in [7, 11) is 4.86. The lowest BCUT2D eigenvalue weighted by Crippen LogP contribution is -2.43. The molecule has 5 nitrogen and oxygen atoms in total. The minimum absolute atomic E-state index is 0.0604. The Bertz CT molecular complexity index is 469. The van der Waals surface area contributed by atoms with Gasteiger partial charge >= 0.3 is 0 Å². The molecule has 1 aromatic rings. The molecule has 1 amide bonds. The van der Waals surface area contributed by atoms with Crippen LogP contribution in [0.4, 0.5) is 5.69 Å². The summed E-state index contributed by atoms with van der Waals surface area (Å²) < 4.78 is 10.4. The van der Waals surface area contributed by atoms with Crippen LogP contribution in [0, 0.1) is 0 Å². The first-order valence-corrected chi connectivity index (χ1v) is 5.81. The first-order chi connectivity index (χ1) is 8.51. The van der Waals surface area contributed by atoms with Crippen LogP contribution in [0.25, 0.3) is 0 Å². The van der Waals surface area contributed by atoms with Crippen molar-refractivity contribution in [1.29, 1.82) is 0 Å². The van der Waals surface area contributed by atoms with Gasteiger partial charge in [-0.3, -0.25) is 4.79 Å². The zero-order valence-electron chi connectivity index (χ0n) is 10.9. The highest BCUT2D eigenvalue weighted by molar-refractivity contribution is 6.01. The van der Waals surface area contributed by atoms with Gasteiger partial charge in [-0.05, 0) is 25.0 Å². The minimum atomic E-state index is -0.665. The van der Waals surface area contributed by atoms with Crippen molar-refractivity contribution in [2.45, 2.75) is 18.4 Å². The molecule has 5 heteroatoms. The summed E-state index contributed by atoms with van der Waals surface area (Å²) in [5.41, 5.74) is 5.99. The molecule has 0 saturated heterocycles. The van der Waals surface area contributed by atoms with E-state index in [0.29, 0.717) is 11.5 Å². The SMILES string of the molecule is COc1ccc(N(C)C(=O)C2(N)CC2)cc1OC. The molecule has 0 atom stereocenters. The standard InChI is InChI=1S/C13H18N2O3/c1-15(12(16)13(14)6-7-13)9-4-5-10(17-2)11(8-9)18-3/h4-5,8H,6-7,14H2,1-3H3. The third-order valence-electron chi connectivity index (χ3n) is 3.27. The Labute approximate surface area is 106 Å². The number of carbonyl (C=O) groups is 1. The molecule has 2 N–H and O–H groups in total. The van der Waals surface area contributed by atoms with E-state index < -0.39 is 5.54 Å². The lowest BCUT2D eigenvalue weighted by molar-refractivity contribution is -0.120. The van der Waals surface area contributed by atoms with Gasteiger partial charge in [-0.2, -0.15) is 0 Å². The second-order valence-corrected chi connectivity index (χ2v) is 4.56. The number of benzene rings is 1. The van der Waals surface area contributed by atoms with Gasteiger partial charge in [0.05, 0.1) is 19.8 Å². The predicted molar refractivity (Wildman–Crippen MR) is 69.1 cm³/mol. The number of hydrogen-bond donors (Lipinski definition) is 1. The maximum atomic E-state index is 12.1. The van der Waals surface area contributed by atoms with Crippen LogP contribution in [0.5, 0.6) is 11.5 Å². The second kappa shape index (κ2) is 4.49. The van der Waals surface area contributed by atoms with Crippen LogP contribution in [0.3, 0.4) is 0 Å². The lowest BCUT2D eigenvalue weighted by Gasteiger charge is -2.22. The van der Waals surface area contributed by atoms with E-state index in [1.165, 1.54) is 0 Å². The van der Waals surface area contributed by atoms with Gasteiger partial charge in [0.25, 0.3) is 0 Å². The summed E-state index contributed by atoms with van der Waals surface area (Å²) in [6, 6.07) is 5.35. The van der Waals surface area contributed by atoms with Crippen LogP contribution in [0.2, 0.25) is 0 Å². The summed E-state index contributed by atoms with van der Waals surface area (Å²) in [6.07, 6.45) is 1.51. The van der Waals surface area contributed by atoms with Crippen molar-refractivity contribution in [3.63, 3.8) is 0 Å². The van der Waals surface area contributed by atoms with Crippen molar-refractivity contribution in [3.8, 4) is 11.5 Å². The zero-order valence-corrected chi connectivity index (χ0v) is 10.9. The molecule has 0 heterocycles. The smallest absolute Gasteiger partial charge is 0.246 e. The predicted octanol–water partition coefficient (Wildman–Crippen LogP) is 1.16. The Balaban J connectivity index is 2.25. The maximum absolute atomic E-state index is 12.1. The molecule has 18 heavy (non-hydrogen) atoms. The monoisotopic (exact) mass is 250 g/mol. The molecule has 1 saturated carbocycles. The molecular formula is C13H18N2O3.